The highest BCUT2D eigenvalue weighted by atomic mass is 35.5. The van der Waals surface area contributed by atoms with Crippen LogP contribution in [0.15, 0.2) is 18.2 Å². The van der Waals surface area contributed by atoms with Crippen molar-refractivity contribution in [3.63, 3.8) is 0 Å². The van der Waals surface area contributed by atoms with Gasteiger partial charge in [-0.05, 0) is 13.0 Å². The van der Waals surface area contributed by atoms with Crippen molar-refractivity contribution in [2.75, 3.05) is 50.1 Å². The normalized spacial score (nSPS) is 16.9. The highest BCUT2D eigenvalue weighted by Crippen LogP contribution is 2.17. The first-order valence-electron chi connectivity index (χ1n) is 6.46. The Hall–Kier alpha value is -1.00. The number of aromatic nitrogens is 1. The van der Waals surface area contributed by atoms with Gasteiger partial charge in [-0.3, -0.25) is 4.90 Å². The fraction of sp³-hybridized carbons (Fsp3) is 0.615. The first-order chi connectivity index (χ1) is 8.83. The molecule has 1 aromatic heterocycles. The molecule has 0 amide bonds. The minimum atomic E-state index is 0.653. The monoisotopic (exact) mass is 269 g/mol. The van der Waals surface area contributed by atoms with Crippen LogP contribution in [-0.4, -0.2) is 55.1 Å². The lowest BCUT2D eigenvalue weighted by atomic mass is 10.3. The molecule has 0 saturated carbocycles. The van der Waals surface area contributed by atoms with Crippen LogP contribution in [0.4, 0.5) is 5.82 Å². The second-order valence-electron chi connectivity index (χ2n) is 4.28. The van der Waals surface area contributed by atoms with Gasteiger partial charge in [0.1, 0.15) is 5.82 Å². The molecule has 1 aliphatic heterocycles. The first-order valence-corrected chi connectivity index (χ1v) is 7.00. The Labute approximate surface area is 114 Å². The molecule has 0 bridgehead atoms. The third-order valence-corrected chi connectivity index (χ3v) is 3.27. The van der Waals surface area contributed by atoms with Crippen molar-refractivity contribution in [1.82, 2.24) is 9.88 Å². The zero-order valence-corrected chi connectivity index (χ0v) is 11.6. The average molecular weight is 270 g/mol. The van der Waals surface area contributed by atoms with E-state index < -0.39 is 0 Å². The molecule has 100 valence electrons. The summed E-state index contributed by atoms with van der Waals surface area (Å²) >= 11 is 5.76. The Morgan fingerprint density at radius 1 is 1.28 bits per heavy atom. The van der Waals surface area contributed by atoms with Gasteiger partial charge < -0.3 is 9.64 Å². The van der Waals surface area contributed by atoms with E-state index in [9.17, 15) is 0 Å². The molecule has 0 spiro atoms. The Morgan fingerprint density at radius 2 is 2.06 bits per heavy atom. The van der Waals surface area contributed by atoms with E-state index in [4.69, 9.17) is 16.3 Å². The van der Waals surface area contributed by atoms with Crippen molar-refractivity contribution < 1.29 is 4.74 Å². The van der Waals surface area contributed by atoms with E-state index in [1.54, 1.807) is 0 Å². The Bertz CT molecular complexity index is 367. The second-order valence-corrected chi connectivity index (χ2v) is 4.66. The third kappa shape index (κ3) is 3.50. The van der Waals surface area contributed by atoms with Crippen LogP contribution in [-0.2, 0) is 0 Å². The van der Waals surface area contributed by atoms with Gasteiger partial charge in [0.2, 0.25) is 5.88 Å². The summed E-state index contributed by atoms with van der Waals surface area (Å²) in [5, 5.41) is 0. The molecule has 5 heteroatoms. The Morgan fingerprint density at radius 3 is 2.72 bits per heavy atom. The summed E-state index contributed by atoms with van der Waals surface area (Å²) < 4.78 is 5.43. The molecule has 0 N–H and O–H groups in total. The van der Waals surface area contributed by atoms with Crippen LogP contribution in [0.25, 0.3) is 0 Å². The highest BCUT2D eigenvalue weighted by molar-refractivity contribution is 6.18. The number of anilines is 1. The van der Waals surface area contributed by atoms with E-state index in [0.29, 0.717) is 18.4 Å². The fourth-order valence-electron chi connectivity index (χ4n) is 2.13. The molecule has 1 saturated heterocycles. The summed E-state index contributed by atoms with van der Waals surface area (Å²) in [7, 11) is 0. The van der Waals surface area contributed by atoms with Gasteiger partial charge in [0.15, 0.2) is 0 Å². The van der Waals surface area contributed by atoms with Gasteiger partial charge in [0.05, 0.1) is 6.61 Å². The van der Waals surface area contributed by atoms with E-state index >= 15 is 0 Å². The van der Waals surface area contributed by atoms with E-state index in [2.05, 4.69) is 14.8 Å². The minimum absolute atomic E-state index is 0.653. The van der Waals surface area contributed by atoms with Gasteiger partial charge in [0, 0.05) is 44.7 Å². The van der Waals surface area contributed by atoms with E-state index in [1.807, 2.05) is 25.1 Å². The number of pyridine rings is 1. The Kier molecular flexibility index (Phi) is 5.08. The van der Waals surface area contributed by atoms with Crippen molar-refractivity contribution in [1.29, 1.82) is 0 Å². The molecule has 0 unspecified atom stereocenters. The van der Waals surface area contributed by atoms with Crippen molar-refractivity contribution >= 4 is 17.4 Å². The van der Waals surface area contributed by atoms with Gasteiger partial charge in [-0.25, -0.2) is 0 Å². The van der Waals surface area contributed by atoms with Crippen LogP contribution in [0, 0.1) is 0 Å². The molecule has 1 aromatic rings. The molecular formula is C13H20ClN3O. The molecule has 0 aromatic carbocycles. The predicted molar refractivity (Wildman–Crippen MR) is 74.8 cm³/mol. The maximum Gasteiger partial charge on any atom is 0.215 e. The molecular weight excluding hydrogens is 250 g/mol. The summed E-state index contributed by atoms with van der Waals surface area (Å²) in [5.41, 5.74) is 0. The molecule has 0 aliphatic carbocycles. The second kappa shape index (κ2) is 6.81. The third-order valence-electron chi connectivity index (χ3n) is 3.10. The van der Waals surface area contributed by atoms with E-state index in [-0.39, 0.29) is 0 Å². The number of alkyl halides is 1. The van der Waals surface area contributed by atoms with Crippen LogP contribution in [0.5, 0.6) is 5.88 Å². The van der Waals surface area contributed by atoms with Crippen molar-refractivity contribution in [2.24, 2.45) is 0 Å². The summed E-state index contributed by atoms with van der Waals surface area (Å²) in [4.78, 5) is 9.20. The van der Waals surface area contributed by atoms with Gasteiger partial charge >= 0.3 is 0 Å². The molecule has 0 atom stereocenters. The molecule has 2 rings (SSSR count). The van der Waals surface area contributed by atoms with Crippen molar-refractivity contribution in [2.45, 2.75) is 6.92 Å². The van der Waals surface area contributed by atoms with Crippen LogP contribution in [0.1, 0.15) is 6.92 Å². The number of rotatable bonds is 5. The van der Waals surface area contributed by atoms with Crippen LogP contribution in [0.2, 0.25) is 0 Å². The van der Waals surface area contributed by atoms with E-state index in [1.165, 1.54) is 0 Å². The van der Waals surface area contributed by atoms with Gasteiger partial charge in [-0.15, -0.1) is 11.6 Å². The first kappa shape index (κ1) is 13.4. The average Bonchev–Trinajstić information content (AvgIpc) is 2.41. The number of halogens is 1. The quantitative estimate of drug-likeness (QED) is 0.763. The number of hydrogen-bond acceptors (Lipinski definition) is 4. The van der Waals surface area contributed by atoms with E-state index in [0.717, 1.165) is 38.5 Å². The van der Waals surface area contributed by atoms with Crippen LogP contribution >= 0.6 is 11.6 Å². The molecule has 18 heavy (non-hydrogen) atoms. The number of ether oxygens (including phenoxy) is 1. The van der Waals surface area contributed by atoms with Crippen molar-refractivity contribution in [3.05, 3.63) is 18.2 Å². The number of hydrogen-bond donors (Lipinski definition) is 0. The van der Waals surface area contributed by atoms with Crippen LogP contribution < -0.4 is 9.64 Å². The molecule has 1 aliphatic rings. The maximum atomic E-state index is 5.76. The van der Waals surface area contributed by atoms with Gasteiger partial charge in [0.25, 0.3) is 0 Å². The Balaban J connectivity index is 1.94. The van der Waals surface area contributed by atoms with Gasteiger partial charge in [-0.2, -0.15) is 4.98 Å². The topological polar surface area (TPSA) is 28.6 Å². The largest absolute Gasteiger partial charge is 0.478 e. The smallest absolute Gasteiger partial charge is 0.215 e. The lowest BCUT2D eigenvalue weighted by Crippen LogP contribution is -2.47. The van der Waals surface area contributed by atoms with Crippen LogP contribution in [0.3, 0.4) is 0 Å². The lowest BCUT2D eigenvalue weighted by Gasteiger charge is -2.35. The predicted octanol–water partition coefficient (Wildman–Crippen LogP) is 1.84. The highest BCUT2D eigenvalue weighted by Gasteiger charge is 2.17. The lowest BCUT2D eigenvalue weighted by molar-refractivity contribution is 0.271. The summed E-state index contributed by atoms with van der Waals surface area (Å²) in [6.07, 6.45) is 0. The zero-order valence-electron chi connectivity index (χ0n) is 10.8. The van der Waals surface area contributed by atoms with Gasteiger partial charge in [-0.1, -0.05) is 6.07 Å². The summed E-state index contributed by atoms with van der Waals surface area (Å²) in [5.74, 6) is 2.42. The SMILES string of the molecule is CCOc1cccc(N2CCN(CCCl)CC2)n1. The number of piperazine rings is 1. The fourth-order valence-corrected chi connectivity index (χ4v) is 2.37. The molecule has 4 nitrogen and oxygen atoms in total. The minimum Gasteiger partial charge on any atom is -0.478 e. The maximum absolute atomic E-state index is 5.76. The summed E-state index contributed by atoms with van der Waals surface area (Å²) in [6, 6.07) is 5.94. The molecule has 2 heterocycles. The molecule has 0 radical (unpaired) electrons. The zero-order chi connectivity index (χ0) is 12.8. The van der Waals surface area contributed by atoms with Crippen molar-refractivity contribution in [3.8, 4) is 5.88 Å². The summed E-state index contributed by atoms with van der Waals surface area (Å²) in [6.45, 7) is 7.69. The molecule has 1 fully saturated rings. The standard InChI is InChI=1S/C13H20ClN3O/c1-2-18-13-5-3-4-12(15-13)17-10-8-16(7-6-14)9-11-17/h3-5H,2,6-11H2,1H3. The number of nitrogens with zero attached hydrogens (tertiary/aromatic N) is 3.